The maximum absolute atomic E-state index is 14.7. The summed E-state index contributed by atoms with van der Waals surface area (Å²) < 4.78 is 37.7. The van der Waals surface area contributed by atoms with E-state index in [9.17, 15) is 67.8 Å². The number of aliphatic hydroxyl groups is 4. The van der Waals surface area contributed by atoms with Crippen LogP contribution < -0.4 is 26.2 Å². The number of aliphatic hydroxyl groups excluding tert-OH is 3. The van der Waals surface area contributed by atoms with Gasteiger partial charge in [-0.2, -0.15) is 0 Å². The van der Waals surface area contributed by atoms with Crippen LogP contribution in [0.4, 0.5) is 0 Å². The number of allylic oxidation sites excluding steroid dienone is 5. The van der Waals surface area contributed by atoms with E-state index in [2.05, 4.69) is 21.9 Å². The number of hydrogen-bond acceptors (Lipinski definition) is 17. The Kier molecular flexibility index (Phi) is 14.4. The molecule has 0 saturated carbocycles. The van der Waals surface area contributed by atoms with Crippen LogP contribution in [0.15, 0.2) is 87.8 Å². The molecule has 12 N–H and O–H groups in total. The maximum Gasteiger partial charge on any atom is 0.255 e. The molecule has 0 fully saturated rings. The van der Waals surface area contributed by atoms with Crippen molar-refractivity contribution in [2.24, 2.45) is 35.1 Å². The number of sulfonamides is 1. The van der Waals surface area contributed by atoms with E-state index < -0.39 is 109 Å². The molecule has 0 bridgehead atoms. The van der Waals surface area contributed by atoms with E-state index >= 15 is 0 Å². The molecular weight excluding hydrogens is 981 g/mol. The number of nitrogens with one attached hydrogen (secondary N) is 2. The number of ketones is 3. The Hall–Kier alpha value is -7.77. The van der Waals surface area contributed by atoms with Crippen molar-refractivity contribution < 1.29 is 77.3 Å². The topological polar surface area (TPSA) is 352 Å². The number of benzene rings is 3. The molecule has 2 amide bonds. The molecule has 3 unspecified atom stereocenters. The molecule has 0 heterocycles. The highest BCUT2D eigenvalue weighted by atomic mass is 32.2. The van der Waals surface area contributed by atoms with E-state index in [-0.39, 0.29) is 105 Å². The number of carbonyl (C=O) groups excluding carboxylic acids is 6. The molecular formula is C53H54N4O16S. The van der Waals surface area contributed by atoms with Crippen molar-refractivity contribution in [2.75, 3.05) is 26.5 Å². The number of primary amides is 2. The summed E-state index contributed by atoms with van der Waals surface area (Å²) in [6.07, 6.45) is 0.159. The van der Waals surface area contributed by atoms with Gasteiger partial charge in [0.2, 0.25) is 15.8 Å². The quantitative estimate of drug-likeness (QED) is 0.0261. The Morgan fingerprint density at radius 1 is 0.892 bits per heavy atom. The van der Waals surface area contributed by atoms with Gasteiger partial charge in [0.05, 0.1) is 36.8 Å². The second-order valence-corrected chi connectivity index (χ2v) is 21.1. The van der Waals surface area contributed by atoms with Gasteiger partial charge >= 0.3 is 0 Å². The van der Waals surface area contributed by atoms with Gasteiger partial charge in [-0.1, -0.05) is 24.0 Å². The van der Waals surface area contributed by atoms with E-state index in [1.807, 2.05) is 6.07 Å². The average molecular weight is 1040 g/mol. The number of phenolic OH excluding ortho intramolecular Hbond substituents is 2. The van der Waals surface area contributed by atoms with Gasteiger partial charge in [0.1, 0.15) is 51.8 Å². The van der Waals surface area contributed by atoms with Crippen LogP contribution >= 0.6 is 0 Å². The molecule has 0 saturated heterocycles. The predicted molar refractivity (Wildman–Crippen MR) is 264 cm³/mol. The lowest BCUT2D eigenvalue weighted by atomic mass is 9.60. The molecule has 3 aromatic rings. The molecule has 20 nitrogen and oxygen atoms in total. The van der Waals surface area contributed by atoms with Crippen molar-refractivity contribution >= 4 is 45.5 Å². The fourth-order valence-electron chi connectivity index (χ4n) is 11.2. The van der Waals surface area contributed by atoms with Gasteiger partial charge in [-0.15, -0.1) is 0 Å². The monoisotopic (exact) mass is 1030 g/mol. The van der Waals surface area contributed by atoms with Crippen LogP contribution in [0.1, 0.15) is 82.0 Å². The first kappa shape index (κ1) is 52.5. The molecule has 0 aromatic heterocycles. The first-order valence-electron chi connectivity index (χ1n) is 23.6. The zero-order chi connectivity index (χ0) is 53.7. The largest absolute Gasteiger partial charge is 0.512 e. The number of Topliss-reactive ketones (excluding diaryl/α,β-unsaturated/α-hetero) is 3. The predicted octanol–water partition coefficient (Wildman–Crippen LogP) is 2.96. The third kappa shape index (κ3) is 9.64. The van der Waals surface area contributed by atoms with E-state index in [1.165, 1.54) is 25.3 Å². The number of amides is 2. The van der Waals surface area contributed by atoms with Crippen LogP contribution in [0.5, 0.6) is 17.2 Å². The van der Waals surface area contributed by atoms with Gasteiger partial charge in [0.25, 0.3) is 11.8 Å². The van der Waals surface area contributed by atoms with E-state index in [1.54, 1.807) is 25.1 Å². The van der Waals surface area contributed by atoms with Crippen molar-refractivity contribution in [1.82, 2.24) is 10.0 Å². The lowest BCUT2D eigenvalue weighted by molar-refractivity contribution is -0.147. The summed E-state index contributed by atoms with van der Waals surface area (Å²) in [4.78, 5) is 78.7. The molecule has 0 radical (unpaired) electrons. The van der Waals surface area contributed by atoms with Crippen LogP contribution in [0.25, 0.3) is 11.1 Å². The third-order valence-corrected chi connectivity index (χ3v) is 15.1. The summed E-state index contributed by atoms with van der Waals surface area (Å²) in [6.45, 7) is 1.58. The summed E-state index contributed by atoms with van der Waals surface area (Å²) in [6, 6.07) is 11.1. The molecule has 8 rings (SSSR count). The minimum Gasteiger partial charge on any atom is -0.512 e. The van der Waals surface area contributed by atoms with E-state index in [0.29, 0.717) is 39.1 Å². The van der Waals surface area contributed by atoms with Gasteiger partial charge in [0, 0.05) is 60.5 Å². The van der Waals surface area contributed by atoms with Crippen molar-refractivity contribution in [3.8, 4) is 40.2 Å². The summed E-state index contributed by atoms with van der Waals surface area (Å²) >= 11 is 0. The van der Waals surface area contributed by atoms with Crippen LogP contribution in [-0.4, -0.2) is 113 Å². The number of carbonyl (C=O) groups is 6. The molecule has 21 heteroatoms. The Morgan fingerprint density at radius 2 is 1.55 bits per heavy atom. The SMILES string of the molecule is COc1ccc(CNCC(C)OC2=C3C(=O)c4c(O)ccc(C#CCNS(C)(=O)=O)c4C[C@H]3C[C@H]3CC(O)=C(C(N)=O)C(=O)[C@@]23O)cc1-c1ccc(O)c2c1CC1CC(C/C(O)=C(\C=O)C(N)=O)CC(O)=C1C2=O. The summed E-state index contributed by atoms with van der Waals surface area (Å²) in [7, 11) is -2.09. The van der Waals surface area contributed by atoms with Crippen LogP contribution in [-0.2, 0) is 53.3 Å². The first-order chi connectivity index (χ1) is 35.0. The number of aromatic hydroxyl groups is 2. The number of rotatable bonds is 15. The number of nitrogens with two attached hydrogens (primary N) is 2. The molecule has 6 atom stereocenters. The van der Waals surface area contributed by atoms with Gasteiger partial charge in [-0.25, -0.2) is 13.1 Å². The van der Waals surface area contributed by atoms with Crippen molar-refractivity contribution in [3.63, 3.8) is 0 Å². The highest BCUT2D eigenvalue weighted by Crippen LogP contribution is 2.53. The molecule has 3 aromatic carbocycles. The van der Waals surface area contributed by atoms with E-state index in [4.69, 9.17) is 20.9 Å². The minimum absolute atomic E-state index is 0.00748. The van der Waals surface area contributed by atoms with Crippen LogP contribution in [0, 0.1) is 35.5 Å². The summed E-state index contributed by atoms with van der Waals surface area (Å²) in [5.41, 5.74) is 9.52. The number of hydrogen-bond donors (Lipinski definition) is 10. The highest BCUT2D eigenvalue weighted by Gasteiger charge is 2.61. The van der Waals surface area contributed by atoms with Crippen LogP contribution in [0.2, 0.25) is 0 Å². The Balaban J connectivity index is 1.07. The number of methoxy groups -OCH3 is 1. The number of ether oxygens (including phenoxy) is 2. The number of aldehydes is 1. The van der Waals surface area contributed by atoms with Gasteiger partial charge in [-0.3, -0.25) is 28.8 Å². The fraction of sp³-hybridized carbons (Fsp3) is 0.358. The lowest BCUT2D eigenvalue weighted by Crippen LogP contribution is -2.58. The third-order valence-electron chi connectivity index (χ3n) is 14.4. The zero-order valence-corrected chi connectivity index (χ0v) is 41.2. The summed E-state index contributed by atoms with van der Waals surface area (Å²) in [5.74, 6) is -4.43. The number of phenols is 2. The zero-order valence-electron chi connectivity index (χ0n) is 40.4. The van der Waals surface area contributed by atoms with Crippen molar-refractivity contribution in [3.05, 3.63) is 121 Å². The smallest absolute Gasteiger partial charge is 0.255 e. The van der Waals surface area contributed by atoms with Gasteiger partial charge in [0.15, 0.2) is 23.5 Å². The normalized spacial score (nSPS) is 23.0. The first-order valence-corrected chi connectivity index (χ1v) is 25.5. The van der Waals surface area contributed by atoms with Gasteiger partial charge in [-0.05, 0) is 103 Å². The molecule has 0 spiro atoms. The average Bonchev–Trinajstić information content (AvgIpc) is 3.31. The second-order valence-electron chi connectivity index (χ2n) is 19.3. The van der Waals surface area contributed by atoms with Gasteiger partial charge < -0.3 is 56.9 Å². The Labute approximate surface area is 424 Å². The lowest BCUT2D eigenvalue weighted by Gasteiger charge is -2.47. The fourth-order valence-corrected chi connectivity index (χ4v) is 11.5. The maximum atomic E-state index is 14.7. The van der Waals surface area contributed by atoms with Crippen molar-refractivity contribution in [2.45, 2.75) is 70.1 Å². The van der Waals surface area contributed by atoms with Crippen molar-refractivity contribution in [1.29, 1.82) is 0 Å². The molecule has 0 aliphatic heterocycles. The minimum atomic E-state index is -3.56. The standard InChI is InChI=1S/C53H54N4O16S/c1-24(73-50-43-29(17-30-20-40(63)46(52(55)68)49(66)53(30,50)69)18-32-27(5-4-12-57-74(3,70)71)7-9-36(59)44(32)48(43)65)21-56-22-25-6-11-41(72-2)33(14-25)31-8-10-37(60)45-34(31)19-28-13-26(16-39(62)42(28)47(45)64)15-38(61)35(23-58)51(54)67/h6-11,14,23-24,26,28-30,56-57,59-63,69H,12-13,15-22H2,1-3H3,(H2,54,67)(H2,55,68)/b38-35-/t24?,26?,28?,29-,30+,53-/m1/s1. The van der Waals surface area contributed by atoms with Crippen LogP contribution in [0.3, 0.4) is 0 Å². The number of fused-ring (bicyclic) bond motifs is 5. The summed E-state index contributed by atoms with van der Waals surface area (Å²) in [5, 5.41) is 70.6. The Morgan fingerprint density at radius 3 is 2.22 bits per heavy atom. The molecule has 388 valence electrons. The van der Waals surface area contributed by atoms with E-state index in [0.717, 1.165) is 6.26 Å². The Bertz CT molecular complexity index is 3290. The molecule has 5 aliphatic carbocycles. The molecule has 74 heavy (non-hydrogen) atoms. The second kappa shape index (κ2) is 20.3. The highest BCUT2D eigenvalue weighted by molar-refractivity contribution is 7.88. The molecule has 5 aliphatic rings.